The van der Waals surface area contributed by atoms with Gasteiger partial charge in [0.25, 0.3) is 0 Å². The van der Waals surface area contributed by atoms with Crippen LogP contribution in [0.3, 0.4) is 0 Å². The molecule has 0 N–H and O–H groups in total. The Morgan fingerprint density at radius 3 is 2.04 bits per heavy atom. The van der Waals surface area contributed by atoms with Crippen molar-refractivity contribution in [1.82, 2.24) is 0 Å². The second kappa shape index (κ2) is 5.91. The topological polar surface area (TPSA) is 54.0 Å². The van der Waals surface area contributed by atoms with Crippen LogP contribution in [0, 0.1) is 5.92 Å². The van der Waals surface area contributed by atoms with E-state index < -0.39 is 47.7 Å². The van der Waals surface area contributed by atoms with Crippen molar-refractivity contribution in [3.05, 3.63) is 11.2 Å². The lowest BCUT2D eigenvalue weighted by Crippen LogP contribution is -2.48. The highest BCUT2D eigenvalue weighted by atomic mass is 19.4. The van der Waals surface area contributed by atoms with Crippen LogP contribution >= 0.6 is 0 Å². The molecule has 0 amide bonds. The third-order valence-corrected chi connectivity index (χ3v) is 5.40. The molecule has 0 aromatic rings. The van der Waals surface area contributed by atoms with E-state index in [2.05, 4.69) is 0 Å². The van der Waals surface area contributed by atoms with Crippen molar-refractivity contribution in [2.45, 2.75) is 71.4 Å². The maximum absolute atomic E-state index is 13.6. The number of ether oxygens (including phenoxy) is 2. The summed E-state index contributed by atoms with van der Waals surface area (Å²) >= 11 is 0. The zero-order valence-electron chi connectivity index (χ0n) is 15.5. The van der Waals surface area contributed by atoms with Crippen molar-refractivity contribution < 1.29 is 36.7 Å². The Morgan fingerprint density at radius 2 is 1.64 bits per heavy atom. The smallest absolute Gasteiger partial charge is 0.471 e. The second-order valence-corrected chi connectivity index (χ2v) is 7.52. The average Bonchev–Trinajstić information content (AvgIpc) is 2.82. The first-order valence-electron chi connectivity index (χ1n) is 8.20. The maximum Gasteiger partial charge on any atom is 0.495 e. The summed E-state index contributed by atoms with van der Waals surface area (Å²) in [6, 6.07) is 0. The summed E-state index contributed by atoms with van der Waals surface area (Å²) in [4.78, 5) is 12.2. The first kappa shape index (κ1) is 20.1. The quantitative estimate of drug-likeness (QED) is 0.567. The SMILES string of the molecule is CCOC(=O)C1=C(B2OC(C)(C)C(C)(C)O2)[C@@H](C)[C@@](C)(C(F)(F)F)O1. The number of carbonyl (C=O) groups excluding carboxylic acids is 1. The van der Waals surface area contributed by atoms with Crippen LogP contribution in [0.2, 0.25) is 0 Å². The molecule has 142 valence electrons. The molecule has 2 heterocycles. The molecule has 9 heteroatoms. The molecule has 5 nitrogen and oxygen atoms in total. The van der Waals surface area contributed by atoms with Gasteiger partial charge in [-0.3, -0.25) is 0 Å². The van der Waals surface area contributed by atoms with Crippen LogP contribution in [0.4, 0.5) is 13.2 Å². The summed E-state index contributed by atoms with van der Waals surface area (Å²) in [5.41, 5.74) is -4.06. The third kappa shape index (κ3) is 3.05. The minimum Gasteiger partial charge on any atom is -0.471 e. The summed E-state index contributed by atoms with van der Waals surface area (Å²) in [6.45, 7) is 11.0. The number of carbonyl (C=O) groups is 1. The van der Waals surface area contributed by atoms with Crippen molar-refractivity contribution in [3.63, 3.8) is 0 Å². The molecule has 0 aromatic heterocycles. The second-order valence-electron chi connectivity index (χ2n) is 7.52. The Bertz CT molecular complexity index is 583. The molecule has 0 spiro atoms. The van der Waals surface area contributed by atoms with Crippen LogP contribution < -0.4 is 0 Å². The fraction of sp³-hybridized carbons (Fsp3) is 0.812. The van der Waals surface area contributed by atoms with E-state index in [1.807, 2.05) is 0 Å². The molecule has 2 rings (SSSR count). The van der Waals surface area contributed by atoms with Gasteiger partial charge in [-0.15, -0.1) is 0 Å². The summed E-state index contributed by atoms with van der Waals surface area (Å²) in [5, 5.41) is 0. The van der Waals surface area contributed by atoms with E-state index in [-0.39, 0.29) is 12.1 Å². The molecule has 0 bridgehead atoms. The largest absolute Gasteiger partial charge is 0.495 e. The standard InChI is InChI=1S/C16H24BF3O5/c1-8-22-12(21)11-10(9(2)15(7,23-11)16(18,19)20)17-24-13(3,4)14(5,6)25-17/h9H,8H2,1-7H3/t9-,15+/m1/s1. The van der Waals surface area contributed by atoms with Crippen LogP contribution in [0.1, 0.15) is 48.5 Å². The highest BCUT2D eigenvalue weighted by molar-refractivity contribution is 6.55. The van der Waals surface area contributed by atoms with Gasteiger partial charge in [-0.1, -0.05) is 6.92 Å². The van der Waals surface area contributed by atoms with E-state index in [1.165, 1.54) is 6.92 Å². The molecule has 0 aliphatic carbocycles. The molecule has 0 unspecified atom stereocenters. The fourth-order valence-corrected chi connectivity index (χ4v) is 2.79. The molecule has 1 fully saturated rings. The zero-order valence-corrected chi connectivity index (χ0v) is 15.5. The van der Waals surface area contributed by atoms with E-state index in [1.54, 1.807) is 34.6 Å². The van der Waals surface area contributed by atoms with Gasteiger partial charge in [0, 0.05) is 11.4 Å². The Labute approximate surface area is 146 Å². The lowest BCUT2D eigenvalue weighted by Gasteiger charge is -2.32. The van der Waals surface area contributed by atoms with E-state index in [0.717, 1.165) is 6.92 Å². The highest BCUT2D eigenvalue weighted by Crippen LogP contribution is 2.52. The zero-order chi connectivity index (χ0) is 19.4. The van der Waals surface area contributed by atoms with Gasteiger partial charge in [-0.05, 0) is 41.5 Å². The van der Waals surface area contributed by atoms with Gasteiger partial charge >= 0.3 is 19.3 Å². The van der Waals surface area contributed by atoms with Crippen LogP contribution in [-0.2, 0) is 23.6 Å². The van der Waals surface area contributed by atoms with Crippen LogP contribution in [0.25, 0.3) is 0 Å². The van der Waals surface area contributed by atoms with Gasteiger partial charge in [-0.2, -0.15) is 13.2 Å². The van der Waals surface area contributed by atoms with Crippen molar-refractivity contribution >= 4 is 13.1 Å². The van der Waals surface area contributed by atoms with Gasteiger partial charge in [0.1, 0.15) is 0 Å². The predicted octanol–water partition coefficient (Wildman–Crippen LogP) is 3.42. The van der Waals surface area contributed by atoms with Crippen LogP contribution in [0.15, 0.2) is 11.2 Å². The lowest BCUT2D eigenvalue weighted by molar-refractivity contribution is -0.263. The third-order valence-electron chi connectivity index (χ3n) is 5.40. The number of halogens is 3. The normalized spacial score (nSPS) is 31.3. The monoisotopic (exact) mass is 364 g/mol. The molecule has 0 saturated carbocycles. The molecular formula is C16H24BF3O5. The van der Waals surface area contributed by atoms with Crippen molar-refractivity contribution in [1.29, 1.82) is 0 Å². The van der Waals surface area contributed by atoms with Crippen LogP contribution in [0.5, 0.6) is 0 Å². The number of alkyl halides is 3. The molecule has 0 radical (unpaired) electrons. The van der Waals surface area contributed by atoms with Gasteiger partial charge in [0.15, 0.2) is 0 Å². The molecule has 2 atom stereocenters. The molecule has 2 aliphatic heterocycles. The molecule has 2 aliphatic rings. The first-order valence-corrected chi connectivity index (χ1v) is 8.20. The number of rotatable bonds is 3. The van der Waals surface area contributed by atoms with E-state index in [4.69, 9.17) is 18.8 Å². The van der Waals surface area contributed by atoms with E-state index in [9.17, 15) is 18.0 Å². The predicted molar refractivity (Wildman–Crippen MR) is 84.5 cm³/mol. The lowest BCUT2D eigenvalue weighted by atomic mass is 9.67. The van der Waals surface area contributed by atoms with Crippen molar-refractivity contribution in [2.24, 2.45) is 5.92 Å². The van der Waals surface area contributed by atoms with Gasteiger partial charge in [0.05, 0.1) is 17.8 Å². The molecule has 0 aromatic carbocycles. The molecular weight excluding hydrogens is 340 g/mol. The minimum absolute atomic E-state index is 0.0133. The Kier molecular flexibility index (Phi) is 4.75. The van der Waals surface area contributed by atoms with Crippen molar-refractivity contribution in [3.8, 4) is 0 Å². The van der Waals surface area contributed by atoms with Gasteiger partial charge in [-0.25, -0.2) is 4.79 Å². The molecule has 1 saturated heterocycles. The first-order chi connectivity index (χ1) is 11.2. The van der Waals surface area contributed by atoms with Gasteiger partial charge < -0.3 is 18.8 Å². The summed E-state index contributed by atoms with van der Waals surface area (Å²) < 4.78 is 62.5. The Hall–Kier alpha value is -1.22. The Morgan fingerprint density at radius 1 is 1.16 bits per heavy atom. The number of hydrogen-bond acceptors (Lipinski definition) is 5. The van der Waals surface area contributed by atoms with Gasteiger partial charge in [0.2, 0.25) is 11.4 Å². The van der Waals surface area contributed by atoms with Crippen LogP contribution in [-0.4, -0.2) is 42.7 Å². The van der Waals surface area contributed by atoms with Crippen molar-refractivity contribution in [2.75, 3.05) is 6.61 Å². The summed E-state index contributed by atoms with van der Waals surface area (Å²) in [5.74, 6) is -2.61. The fourth-order valence-electron chi connectivity index (χ4n) is 2.79. The number of esters is 1. The van der Waals surface area contributed by atoms with E-state index >= 15 is 0 Å². The highest BCUT2D eigenvalue weighted by Gasteiger charge is 2.66. The Balaban J connectivity index is 2.49. The maximum atomic E-state index is 13.6. The van der Waals surface area contributed by atoms with E-state index in [0.29, 0.717) is 0 Å². The molecule has 25 heavy (non-hydrogen) atoms. The summed E-state index contributed by atoms with van der Waals surface area (Å²) in [6.07, 6.45) is -4.68. The minimum atomic E-state index is -4.68. The average molecular weight is 364 g/mol. The summed E-state index contributed by atoms with van der Waals surface area (Å²) in [7, 11) is -1.12. The number of hydrogen-bond donors (Lipinski definition) is 0.